The number of rotatable bonds is 3. The average Bonchev–Trinajstić information content (AvgIpc) is 3.33. The number of benzene rings is 1. The summed E-state index contributed by atoms with van der Waals surface area (Å²) in [6.45, 7) is 3.16. The third-order valence-corrected chi connectivity index (χ3v) is 4.55. The number of carbonyl (C=O) groups excluding carboxylic acids is 1. The lowest BCUT2D eigenvalue weighted by Gasteiger charge is -2.31. The van der Waals surface area contributed by atoms with Gasteiger partial charge in [0.15, 0.2) is 5.82 Å². The summed E-state index contributed by atoms with van der Waals surface area (Å²) < 4.78 is 10.5. The number of carbonyl (C=O) groups is 1. The molecule has 1 aliphatic rings. The van der Waals surface area contributed by atoms with Gasteiger partial charge in [0, 0.05) is 37.1 Å². The lowest BCUT2D eigenvalue weighted by molar-refractivity contribution is 0.0703. The maximum absolute atomic E-state index is 12.8. The molecular formula is C19H19N3O3. The van der Waals surface area contributed by atoms with Crippen molar-refractivity contribution in [2.24, 2.45) is 0 Å². The van der Waals surface area contributed by atoms with Crippen LogP contribution in [0.1, 0.15) is 40.8 Å². The third kappa shape index (κ3) is 3.20. The van der Waals surface area contributed by atoms with E-state index in [4.69, 9.17) is 8.94 Å². The van der Waals surface area contributed by atoms with E-state index in [1.807, 2.05) is 41.3 Å². The predicted octanol–water partition coefficient (Wildman–Crippen LogP) is 3.66. The van der Waals surface area contributed by atoms with E-state index in [0.717, 1.165) is 30.7 Å². The average molecular weight is 337 g/mol. The number of nitrogens with zero attached hydrogens (tertiary/aromatic N) is 3. The Morgan fingerprint density at radius 1 is 1.24 bits per heavy atom. The van der Waals surface area contributed by atoms with Crippen LogP contribution in [0.15, 0.2) is 51.6 Å². The summed E-state index contributed by atoms with van der Waals surface area (Å²) in [7, 11) is 0. The van der Waals surface area contributed by atoms with Gasteiger partial charge in [-0.2, -0.15) is 4.98 Å². The Labute approximate surface area is 145 Å². The number of aryl methyl sites for hydroxylation is 1. The largest absolute Gasteiger partial charge is 0.464 e. The molecule has 1 fully saturated rings. The molecule has 6 heteroatoms. The van der Waals surface area contributed by atoms with Crippen LogP contribution in [-0.2, 0) is 0 Å². The van der Waals surface area contributed by atoms with Gasteiger partial charge < -0.3 is 13.8 Å². The summed E-state index contributed by atoms with van der Waals surface area (Å²) >= 11 is 0. The van der Waals surface area contributed by atoms with Crippen LogP contribution >= 0.6 is 0 Å². The number of piperidine rings is 1. The van der Waals surface area contributed by atoms with Gasteiger partial charge in [-0.05, 0) is 37.1 Å². The van der Waals surface area contributed by atoms with Crippen LogP contribution in [0.5, 0.6) is 0 Å². The van der Waals surface area contributed by atoms with Crippen LogP contribution in [0.3, 0.4) is 0 Å². The molecule has 0 bridgehead atoms. The molecular weight excluding hydrogens is 318 g/mol. The van der Waals surface area contributed by atoms with Crippen molar-refractivity contribution >= 4 is 5.91 Å². The number of furan rings is 1. The second-order valence-corrected chi connectivity index (χ2v) is 6.32. The van der Waals surface area contributed by atoms with E-state index >= 15 is 0 Å². The predicted molar refractivity (Wildman–Crippen MR) is 91.1 cm³/mol. The molecule has 6 nitrogen and oxygen atoms in total. The number of hydrogen-bond donors (Lipinski definition) is 0. The Bertz CT molecular complexity index is 852. The zero-order valence-electron chi connectivity index (χ0n) is 14.0. The topological polar surface area (TPSA) is 72.4 Å². The highest BCUT2D eigenvalue weighted by Crippen LogP contribution is 2.26. The molecule has 0 saturated carbocycles. The summed E-state index contributed by atoms with van der Waals surface area (Å²) in [5.74, 6) is 2.23. The Morgan fingerprint density at radius 2 is 2.08 bits per heavy atom. The molecule has 1 aliphatic heterocycles. The molecule has 0 unspecified atom stereocenters. The van der Waals surface area contributed by atoms with Crippen molar-refractivity contribution in [2.45, 2.75) is 25.7 Å². The second kappa shape index (κ2) is 6.55. The molecule has 25 heavy (non-hydrogen) atoms. The summed E-state index contributed by atoms with van der Waals surface area (Å²) in [5, 5.41) is 4.01. The number of aromatic nitrogens is 2. The molecule has 1 atom stereocenters. The normalized spacial score (nSPS) is 17.6. The zero-order chi connectivity index (χ0) is 17.2. The first-order chi connectivity index (χ1) is 12.2. The maximum atomic E-state index is 12.8. The van der Waals surface area contributed by atoms with Gasteiger partial charge in [-0.3, -0.25) is 4.79 Å². The highest BCUT2D eigenvalue weighted by atomic mass is 16.5. The fraction of sp³-hybridized carbons (Fsp3) is 0.316. The minimum absolute atomic E-state index is 0.0379. The first-order valence-electron chi connectivity index (χ1n) is 8.44. The molecule has 2 aromatic heterocycles. The SMILES string of the molecule is Cc1nc([C@@H]2CCCN(C(=O)c3ccc(-c4ccco4)cc3)C2)no1. The van der Waals surface area contributed by atoms with Crippen molar-refractivity contribution in [3.05, 3.63) is 59.9 Å². The van der Waals surface area contributed by atoms with E-state index in [1.54, 1.807) is 13.2 Å². The maximum Gasteiger partial charge on any atom is 0.253 e. The number of amides is 1. The fourth-order valence-electron chi connectivity index (χ4n) is 3.26. The Morgan fingerprint density at radius 3 is 2.76 bits per heavy atom. The molecule has 0 aliphatic carbocycles. The van der Waals surface area contributed by atoms with Crippen LogP contribution in [0.4, 0.5) is 0 Å². The van der Waals surface area contributed by atoms with E-state index in [2.05, 4.69) is 10.1 Å². The van der Waals surface area contributed by atoms with Crippen molar-refractivity contribution in [3.8, 4) is 11.3 Å². The van der Waals surface area contributed by atoms with E-state index < -0.39 is 0 Å². The molecule has 3 aromatic rings. The first-order valence-corrected chi connectivity index (χ1v) is 8.44. The first kappa shape index (κ1) is 15.6. The Kier molecular flexibility index (Phi) is 4.09. The summed E-state index contributed by atoms with van der Waals surface area (Å²) in [5.41, 5.74) is 1.64. The fourth-order valence-corrected chi connectivity index (χ4v) is 3.26. The van der Waals surface area contributed by atoms with E-state index in [-0.39, 0.29) is 11.8 Å². The Balaban J connectivity index is 1.48. The molecule has 4 rings (SSSR count). The van der Waals surface area contributed by atoms with Crippen LogP contribution in [0, 0.1) is 6.92 Å². The highest BCUT2D eigenvalue weighted by molar-refractivity contribution is 5.94. The van der Waals surface area contributed by atoms with Gasteiger partial charge >= 0.3 is 0 Å². The minimum atomic E-state index is 0.0379. The van der Waals surface area contributed by atoms with Crippen molar-refractivity contribution in [1.29, 1.82) is 0 Å². The van der Waals surface area contributed by atoms with Gasteiger partial charge in [0.25, 0.3) is 5.91 Å². The van der Waals surface area contributed by atoms with Crippen LogP contribution < -0.4 is 0 Å². The highest BCUT2D eigenvalue weighted by Gasteiger charge is 2.28. The van der Waals surface area contributed by atoms with Crippen molar-refractivity contribution in [2.75, 3.05) is 13.1 Å². The van der Waals surface area contributed by atoms with E-state index in [9.17, 15) is 4.79 Å². The molecule has 0 spiro atoms. The van der Waals surface area contributed by atoms with Gasteiger partial charge in [-0.1, -0.05) is 17.3 Å². The molecule has 1 aromatic carbocycles. The van der Waals surface area contributed by atoms with Crippen LogP contribution in [0.2, 0.25) is 0 Å². The minimum Gasteiger partial charge on any atom is -0.464 e. The van der Waals surface area contributed by atoms with Crippen molar-refractivity contribution < 1.29 is 13.7 Å². The zero-order valence-corrected chi connectivity index (χ0v) is 14.0. The van der Waals surface area contributed by atoms with Crippen LogP contribution in [0.25, 0.3) is 11.3 Å². The van der Waals surface area contributed by atoms with Crippen LogP contribution in [-0.4, -0.2) is 34.0 Å². The second-order valence-electron chi connectivity index (χ2n) is 6.32. The van der Waals surface area contributed by atoms with E-state index in [1.165, 1.54) is 0 Å². The summed E-state index contributed by atoms with van der Waals surface area (Å²) in [6.07, 6.45) is 3.55. The number of likely N-dealkylation sites (tertiary alicyclic amines) is 1. The number of hydrogen-bond acceptors (Lipinski definition) is 5. The molecule has 1 amide bonds. The molecule has 128 valence electrons. The summed E-state index contributed by atoms with van der Waals surface area (Å²) in [6, 6.07) is 11.3. The van der Waals surface area contributed by atoms with Gasteiger partial charge in [-0.25, -0.2) is 0 Å². The van der Waals surface area contributed by atoms with E-state index in [0.29, 0.717) is 23.8 Å². The molecule has 1 saturated heterocycles. The van der Waals surface area contributed by atoms with Gasteiger partial charge in [0.05, 0.1) is 6.26 Å². The Hall–Kier alpha value is -2.89. The van der Waals surface area contributed by atoms with Gasteiger partial charge in [0.2, 0.25) is 5.89 Å². The molecule has 3 heterocycles. The third-order valence-electron chi connectivity index (χ3n) is 4.55. The molecule has 0 N–H and O–H groups in total. The monoisotopic (exact) mass is 337 g/mol. The van der Waals surface area contributed by atoms with Gasteiger partial charge in [-0.15, -0.1) is 0 Å². The standard InChI is InChI=1S/C19H19N3O3/c1-13-20-18(21-25-13)16-4-2-10-22(12-16)19(23)15-8-6-14(7-9-15)17-5-3-11-24-17/h3,5-9,11,16H,2,4,10,12H2,1H3/t16-/m1/s1. The summed E-state index contributed by atoms with van der Waals surface area (Å²) in [4.78, 5) is 19.0. The lowest BCUT2D eigenvalue weighted by atomic mass is 9.96. The lowest BCUT2D eigenvalue weighted by Crippen LogP contribution is -2.39. The van der Waals surface area contributed by atoms with Gasteiger partial charge in [0.1, 0.15) is 5.76 Å². The smallest absolute Gasteiger partial charge is 0.253 e. The quantitative estimate of drug-likeness (QED) is 0.729. The molecule has 0 radical (unpaired) electrons. The van der Waals surface area contributed by atoms with Crippen molar-refractivity contribution in [3.63, 3.8) is 0 Å². The van der Waals surface area contributed by atoms with Crippen molar-refractivity contribution in [1.82, 2.24) is 15.0 Å².